The topological polar surface area (TPSA) is 108 Å². The smallest absolute Gasteiger partial charge is 0.416 e. The first-order valence-corrected chi connectivity index (χ1v) is 10.2. The van der Waals surface area contributed by atoms with Crippen LogP contribution in [-0.4, -0.2) is 25.7 Å². The van der Waals surface area contributed by atoms with E-state index in [2.05, 4.69) is 27.0 Å². The molecule has 4 aromatic rings. The number of carbonyl (C=O) groups is 1. The molecule has 3 N–H and O–H groups in total. The SMILES string of the molecule is C=CC(=O)Nc1cccc(Oc2ncnc(N)c2-c2cnn(Cc3cccc(C(F)(F)F)c3)c2)c1. The van der Waals surface area contributed by atoms with E-state index in [1.165, 1.54) is 23.3 Å². The van der Waals surface area contributed by atoms with Crippen LogP contribution in [0, 0.1) is 0 Å². The first-order valence-electron chi connectivity index (χ1n) is 10.2. The van der Waals surface area contributed by atoms with Crippen molar-refractivity contribution >= 4 is 17.4 Å². The van der Waals surface area contributed by atoms with Gasteiger partial charge in [0.2, 0.25) is 11.8 Å². The van der Waals surface area contributed by atoms with Crippen LogP contribution in [0.15, 0.2) is 79.9 Å². The van der Waals surface area contributed by atoms with Crippen LogP contribution in [0.4, 0.5) is 24.7 Å². The zero-order valence-electron chi connectivity index (χ0n) is 18.2. The van der Waals surface area contributed by atoms with E-state index in [-0.39, 0.29) is 24.1 Å². The molecule has 0 saturated heterocycles. The molecule has 2 aromatic carbocycles. The monoisotopic (exact) mass is 480 g/mol. The largest absolute Gasteiger partial charge is 0.438 e. The van der Waals surface area contributed by atoms with Crippen molar-refractivity contribution in [2.24, 2.45) is 0 Å². The Kier molecular flexibility index (Phi) is 6.49. The first kappa shape index (κ1) is 23.5. The molecule has 0 aliphatic heterocycles. The zero-order valence-corrected chi connectivity index (χ0v) is 18.2. The van der Waals surface area contributed by atoms with Crippen LogP contribution in [0.3, 0.4) is 0 Å². The van der Waals surface area contributed by atoms with Gasteiger partial charge in [0.05, 0.1) is 23.9 Å². The number of hydrogen-bond acceptors (Lipinski definition) is 6. The summed E-state index contributed by atoms with van der Waals surface area (Å²) in [5.74, 6) is 0.276. The molecule has 0 aliphatic rings. The summed E-state index contributed by atoms with van der Waals surface area (Å²) in [7, 11) is 0. The fourth-order valence-electron chi connectivity index (χ4n) is 3.29. The van der Waals surface area contributed by atoms with Gasteiger partial charge in [-0.2, -0.15) is 18.3 Å². The van der Waals surface area contributed by atoms with Crippen LogP contribution in [0.1, 0.15) is 11.1 Å². The molecular formula is C24H19F3N6O2. The number of anilines is 2. The average molecular weight is 480 g/mol. The standard InChI is InChI=1S/C24H19F3N6O2/c1-2-20(34)32-18-7-4-8-19(10-18)35-23-21(22(28)29-14-30-23)16-11-31-33(13-16)12-15-5-3-6-17(9-15)24(25,26)27/h2-11,13-14H,1,12H2,(H,32,34)(H2,28,29,30). The minimum Gasteiger partial charge on any atom is -0.438 e. The Morgan fingerprint density at radius 3 is 2.74 bits per heavy atom. The number of nitrogens with zero attached hydrogens (tertiary/aromatic N) is 4. The summed E-state index contributed by atoms with van der Waals surface area (Å²) in [6, 6.07) is 11.7. The number of aromatic nitrogens is 4. The molecule has 4 rings (SSSR count). The Bertz CT molecular complexity index is 1380. The molecule has 35 heavy (non-hydrogen) atoms. The number of nitrogens with two attached hydrogens (primary N) is 1. The Morgan fingerprint density at radius 2 is 1.97 bits per heavy atom. The number of ether oxygens (including phenoxy) is 1. The Hall–Kier alpha value is -4.67. The van der Waals surface area contributed by atoms with E-state index in [1.807, 2.05) is 0 Å². The molecule has 1 amide bonds. The Morgan fingerprint density at radius 1 is 1.17 bits per heavy atom. The van der Waals surface area contributed by atoms with Gasteiger partial charge in [-0.05, 0) is 35.9 Å². The summed E-state index contributed by atoms with van der Waals surface area (Å²) in [4.78, 5) is 19.7. The van der Waals surface area contributed by atoms with E-state index in [1.54, 1.807) is 36.5 Å². The number of rotatable bonds is 7. The third kappa shape index (κ3) is 5.64. The van der Waals surface area contributed by atoms with Crippen LogP contribution in [0.25, 0.3) is 11.1 Å². The third-order valence-corrected chi connectivity index (χ3v) is 4.86. The van der Waals surface area contributed by atoms with Crippen LogP contribution >= 0.6 is 0 Å². The van der Waals surface area contributed by atoms with Crippen LogP contribution < -0.4 is 15.8 Å². The number of alkyl halides is 3. The van der Waals surface area contributed by atoms with Gasteiger partial charge in [0.15, 0.2) is 0 Å². The second-order valence-corrected chi connectivity index (χ2v) is 7.39. The summed E-state index contributed by atoms with van der Waals surface area (Å²) in [6.07, 6.45) is 1.07. The van der Waals surface area contributed by atoms with Gasteiger partial charge in [-0.25, -0.2) is 9.97 Å². The fourth-order valence-corrected chi connectivity index (χ4v) is 3.29. The average Bonchev–Trinajstić information content (AvgIpc) is 3.26. The molecule has 0 spiro atoms. The summed E-state index contributed by atoms with van der Waals surface area (Å²) >= 11 is 0. The van der Waals surface area contributed by atoms with Crippen molar-refractivity contribution in [3.63, 3.8) is 0 Å². The quantitative estimate of drug-likeness (QED) is 0.364. The molecule has 2 aromatic heterocycles. The maximum Gasteiger partial charge on any atom is 0.416 e. The molecule has 0 aliphatic carbocycles. The lowest BCUT2D eigenvalue weighted by Gasteiger charge is -2.11. The van der Waals surface area contributed by atoms with Crippen LogP contribution in [-0.2, 0) is 17.5 Å². The highest BCUT2D eigenvalue weighted by molar-refractivity contribution is 5.98. The highest BCUT2D eigenvalue weighted by Crippen LogP contribution is 2.35. The lowest BCUT2D eigenvalue weighted by atomic mass is 10.1. The van der Waals surface area contributed by atoms with Gasteiger partial charge in [0.25, 0.3) is 0 Å². The number of amides is 1. The predicted octanol–water partition coefficient (Wildman–Crippen LogP) is 4.91. The van der Waals surface area contributed by atoms with Crippen molar-refractivity contribution in [1.82, 2.24) is 19.7 Å². The van der Waals surface area contributed by atoms with E-state index in [0.717, 1.165) is 18.2 Å². The summed E-state index contributed by atoms with van der Waals surface area (Å²) < 4.78 is 46.4. The summed E-state index contributed by atoms with van der Waals surface area (Å²) in [5.41, 5.74) is 7.16. The van der Waals surface area contributed by atoms with Crippen molar-refractivity contribution in [1.29, 1.82) is 0 Å². The van der Waals surface area contributed by atoms with Crippen molar-refractivity contribution in [3.05, 3.63) is 91.0 Å². The van der Waals surface area contributed by atoms with Gasteiger partial charge in [-0.3, -0.25) is 9.48 Å². The van der Waals surface area contributed by atoms with Gasteiger partial charge < -0.3 is 15.8 Å². The molecule has 11 heteroatoms. The van der Waals surface area contributed by atoms with Crippen molar-refractivity contribution in [2.45, 2.75) is 12.7 Å². The Balaban J connectivity index is 1.59. The van der Waals surface area contributed by atoms with Gasteiger partial charge in [-0.1, -0.05) is 24.8 Å². The highest BCUT2D eigenvalue weighted by atomic mass is 19.4. The van der Waals surface area contributed by atoms with Gasteiger partial charge in [0.1, 0.15) is 17.9 Å². The number of hydrogen-bond donors (Lipinski definition) is 2. The number of nitrogens with one attached hydrogen (secondary N) is 1. The van der Waals surface area contributed by atoms with Crippen molar-refractivity contribution < 1.29 is 22.7 Å². The lowest BCUT2D eigenvalue weighted by molar-refractivity contribution is -0.137. The molecule has 0 atom stereocenters. The number of carbonyl (C=O) groups excluding carboxylic acids is 1. The molecular weight excluding hydrogens is 461 g/mol. The molecule has 0 saturated carbocycles. The van der Waals surface area contributed by atoms with Crippen LogP contribution in [0.5, 0.6) is 11.6 Å². The summed E-state index contributed by atoms with van der Waals surface area (Å²) in [5, 5.41) is 6.87. The molecule has 8 nitrogen and oxygen atoms in total. The number of benzene rings is 2. The van der Waals surface area contributed by atoms with Crippen LogP contribution in [0.2, 0.25) is 0 Å². The highest BCUT2D eigenvalue weighted by Gasteiger charge is 2.30. The van der Waals surface area contributed by atoms with E-state index < -0.39 is 11.7 Å². The second-order valence-electron chi connectivity index (χ2n) is 7.39. The lowest BCUT2D eigenvalue weighted by Crippen LogP contribution is -2.07. The maximum atomic E-state index is 13.0. The molecule has 2 heterocycles. The normalized spacial score (nSPS) is 11.2. The molecule has 0 fully saturated rings. The van der Waals surface area contributed by atoms with Gasteiger partial charge >= 0.3 is 6.18 Å². The van der Waals surface area contributed by atoms with Crippen molar-refractivity contribution in [2.75, 3.05) is 11.1 Å². The first-order chi connectivity index (χ1) is 16.7. The second kappa shape index (κ2) is 9.67. The van der Waals surface area contributed by atoms with Gasteiger partial charge in [-0.15, -0.1) is 0 Å². The van der Waals surface area contributed by atoms with E-state index in [9.17, 15) is 18.0 Å². The summed E-state index contributed by atoms with van der Waals surface area (Å²) in [6.45, 7) is 3.52. The molecule has 0 bridgehead atoms. The molecule has 0 radical (unpaired) electrons. The molecule has 178 valence electrons. The third-order valence-electron chi connectivity index (χ3n) is 4.86. The predicted molar refractivity (Wildman–Crippen MR) is 124 cm³/mol. The Labute approximate surface area is 197 Å². The fraction of sp³-hybridized carbons (Fsp3) is 0.0833. The van der Waals surface area contributed by atoms with E-state index in [4.69, 9.17) is 10.5 Å². The van der Waals surface area contributed by atoms with E-state index in [0.29, 0.717) is 28.1 Å². The van der Waals surface area contributed by atoms with E-state index >= 15 is 0 Å². The zero-order chi connectivity index (χ0) is 25.0. The number of nitrogen functional groups attached to an aromatic ring is 1. The molecule has 0 unspecified atom stereocenters. The van der Waals surface area contributed by atoms with Gasteiger partial charge in [0, 0.05) is 23.5 Å². The van der Waals surface area contributed by atoms with Crippen molar-refractivity contribution in [3.8, 4) is 22.8 Å². The minimum absolute atomic E-state index is 0.110. The maximum absolute atomic E-state index is 13.0. The minimum atomic E-state index is -4.43. The number of halogens is 3.